The molecule has 0 aliphatic heterocycles. The third-order valence-corrected chi connectivity index (χ3v) is 5.67. The van der Waals surface area contributed by atoms with Crippen molar-refractivity contribution in [1.29, 1.82) is 0 Å². The minimum absolute atomic E-state index is 0.668. The minimum atomic E-state index is 0.668. The summed E-state index contributed by atoms with van der Waals surface area (Å²) in [4.78, 5) is 0. The molecule has 0 unspecified atom stereocenters. The van der Waals surface area contributed by atoms with E-state index in [2.05, 4.69) is 88.0 Å². The first kappa shape index (κ1) is 17.0. The molecule has 0 radical (unpaired) electrons. The van der Waals surface area contributed by atoms with Crippen molar-refractivity contribution in [3.05, 3.63) is 76.5 Å². The fourth-order valence-electron chi connectivity index (χ4n) is 4.42. The van der Waals surface area contributed by atoms with E-state index in [-0.39, 0.29) is 0 Å². The first-order valence-electron chi connectivity index (χ1n) is 9.66. The minimum Gasteiger partial charge on any atom is -0.201 e. The largest absolute Gasteiger partial charge is 0.213 e. The molecule has 0 atom stereocenters. The van der Waals surface area contributed by atoms with E-state index in [4.69, 9.17) is 0 Å². The SMILES string of the molecule is Cc1c[n+](C)c(-c2c(C)ccc3c2Cc2ccccc2-3)cc1CC(C)C. The molecule has 1 heterocycles. The van der Waals surface area contributed by atoms with Gasteiger partial charge in [0.1, 0.15) is 7.05 Å². The van der Waals surface area contributed by atoms with Crippen molar-refractivity contribution in [3.8, 4) is 22.4 Å². The molecule has 1 heteroatoms. The smallest absolute Gasteiger partial charge is 0.201 e. The summed E-state index contributed by atoms with van der Waals surface area (Å²) in [6.45, 7) is 9.09. The van der Waals surface area contributed by atoms with Crippen molar-refractivity contribution in [2.24, 2.45) is 13.0 Å². The number of hydrogen-bond acceptors (Lipinski definition) is 0. The van der Waals surface area contributed by atoms with E-state index in [1.807, 2.05) is 0 Å². The second-order valence-corrected chi connectivity index (χ2v) is 8.19. The van der Waals surface area contributed by atoms with E-state index >= 15 is 0 Å². The van der Waals surface area contributed by atoms with Gasteiger partial charge < -0.3 is 0 Å². The van der Waals surface area contributed by atoms with Crippen LogP contribution in [0, 0.1) is 19.8 Å². The molecule has 0 N–H and O–H groups in total. The lowest BCUT2D eigenvalue weighted by molar-refractivity contribution is -0.660. The molecular formula is C25H28N+. The predicted molar refractivity (Wildman–Crippen MR) is 109 cm³/mol. The van der Waals surface area contributed by atoms with Crippen molar-refractivity contribution in [2.75, 3.05) is 0 Å². The zero-order valence-electron chi connectivity index (χ0n) is 16.6. The molecule has 0 fully saturated rings. The molecule has 1 aliphatic carbocycles. The molecule has 0 amide bonds. The highest BCUT2D eigenvalue weighted by atomic mass is 14.9. The second kappa shape index (κ2) is 6.39. The van der Waals surface area contributed by atoms with Gasteiger partial charge in [-0.2, -0.15) is 0 Å². The lowest BCUT2D eigenvalue weighted by Crippen LogP contribution is -2.32. The normalized spacial score (nSPS) is 12.4. The van der Waals surface area contributed by atoms with Gasteiger partial charge in [0, 0.05) is 11.6 Å². The molecule has 3 aromatic rings. The summed E-state index contributed by atoms with van der Waals surface area (Å²) in [5.74, 6) is 0.668. The topological polar surface area (TPSA) is 3.88 Å². The van der Waals surface area contributed by atoms with Crippen molar-refractivity contribution >= 4 is 0 Å². The van der Waals surface area contributed by atoms with Crippen LogP contribution in [0.1, 0.15) is 41.7 Å². The summed E-state index contributed by atoms with van der Waals surface area (Å²) in [6, 6.07) is 15.9. The maximum absolute atomic E-state index is 2.43. The Morgan fingerprint density at radius 1 is 0.962 bits per heavy atom. The highest BCUT2D eigenvalue weighted by Crippen LogP contribution is 2.42. The number of hydrogen-bond donors (Lipinski definition) is 0. The molecule has 0 saturated heterocycles. The highest BCUT2D eigenvalue weighted by molar-refractivity contribution is 5.84. The monoisotopic (exact) mass is 342 g/mol. The first-order valence-corrected chi connectivity index (χ1v) is 9.66. The number of fused-ring (bicyclic) bond motifs is 3. The quantitative estimate of drug-likeness (QED) is 0.429. The van der Waals surface area contributed by atoms with Crippen molar-refractivity contribution in [1.82, 2.24) is 0 Å². The summed E-state index contributed by atoms with van der Waals surface area (Å²) >= 11 is 0. The zero-order valence-corrected chi connectivity index (χ0v) is 16.6. The maximum atomic E-state index is 2.43. The van der Waals surface area contributed by atoms with Gasteiger partial charge in [-0.15, -0.1) is 0 Å². The summed E-state index contributed by atoms with van der Waals surface area (Å²) in [6.07, 6.45) is 4.47. The van der Waals surface area contributed by atoms with Crippen LogP contribution >= 0.6 is 0 Å². The summed E-state index contributed by atoms with van der Waals surface area (Å²) in [5.41, 5.74) is 12.7. The molecule has 2 aromatic carbocycles. The number of aryl methyl sites for hydroxylation is 3. The molecule has 1 nitrogen and oxygen atoms in total. The molecule has 4 rings (SSSR count). The van der Waals surface area contributed by atoms with Gasteiger partial charge in [0.2, 0.25) is 5.69 Å². The third kappa shape index (κ3) is 2.76. The Morgan fingerprint density at radius 2 is 1.73 bits per heavy atom. The summed E-state index contributed by atoms with van der Waals surface area (Å²) in [7, 11) is 2.18. The van der Waals surface area contributed by atoms with E-state index in [1.54, 1.807) is 0 Å². The molecule has 0 saturated carbocycles. The van der Waals surface area contributed by atoms with Gasteiger partial charge in [-0.05, 0) is 66.0 Å². The van der Waals surface area contributed by atoms with Crippen LogP contribution in [-0.2, 0) is 19.9 Å². The Kier molecular flexibility index (Phi) is 4.19. The lowest BCUT2D eigenvalue weighted by Gasteiger charge is -2.14. The zero-order chi connectivity index (χ0) is 18.4. The summed E-state index contributed by atoms with van der Waals surface area (Å²) in [5, 5.41) is 0. The van der Waals surface area contributed by atoms with Crippen LogP contribution in [-0.4, -0.2) is 0 Å². The molecule has 26 heavy (non-hydrogen) atoms. The first-order chi connectivity index (χ1) is 12.5. The average Bonchev–Trinajstić information content (AvgIpc) is 2.96. The van der Waals surface area contributed by atoms with Gasteiger partial charge in [-0.1, -0.05) is 50.2 Å². The van der Waals surface area contributed by atoms with E-state index in [0.29, 0.717) is 5.92 Å². The molecule has 1 aliphatic rings. The predicted octanol–water partition coefficient (Wildman–Crippen LogP) is 5.56. The van der Waals surface area contributed by atoms with Crippen molar-refractivity contribution < 1.29 is 4.57 Å². The van der Waals surface area contributed by atoms with Crippen LogP contribution in [0.15, 0.2) is 48.7 Å². The van der Waals surface area contributed by atoms with Gasteiger partial charge in [0.05, 0.1) is 5.56 Å². The van der Waals surface area contributed by atoms with Gasteiger partial charge in [0.15, 0.2) is 6.20 Å². The molecule has 1 aromatic heterocycles. The number of rotatable bonds is 3. The second-order valence-electron chi connectivity index (χ2n) is 8.19. The van der Waals surface area contributed by atoms with Crippen LogP contribution in [0.3, 0.4) is 0 Å². The van der Waals surface area contributed by atoms with E-state index < -0.39 is 0 Å². The maximum Gasteiger partial charge on any atom is 0.213 e. The Balaban J connectivity index is 1.93. The molecule has 0 spiro atoms. The number of nitrogens with zero attached hydrogens (tertiary/aromatic N) is 1. The van der Waals surface area contributed by atoms with Crippen molar-refractivity contribution in [3.63, 3.8) is 0 Å². The fraction of sp³-hybridized carbons (Fsp3) is 0.320. The van der Waals surface area contributed by atoms with Crippen LogP contribution < -0.4 is 4.57 Å². The Hall–Kier alpha value is -2.41. The van der Waals surface area contributed by atoms with Gasteiger partial charge in [-0.3, -0.25) is 0 Å². The number of benzene rings is 2. The number of aromatic nitrogens is 1. The molecular weight excluding hydrogens is 314 g/mol. The van der Waals surface area contributed by atoms with Gasteiger partial charge in [0.25, 0.3) is 0 Å². The number of pyridine rings is 1. The van der Waals surface area contributed by atoms with E-state index in [1.165, 1.54) is 50.2 Å². The van der Waals surface area contributed by atoms with E-state index in [9.17, 15) is 0 Å². The van der Waals surface area contributed by atoms with Gasteiger partial charge >= 0.3 is 0 Å². The van der Waals surface area contributed by atoms with Crippen LogP contribution in [0.25, 0.3) is 22.4 Å². The van der Waals surface area contributed by atoms with Gasteiger partial charge in [-0.25, -0.2) is 4.57 Å². The molecule has 132 valence electrons. The Bertz CT molecular complexity index is 995. The van der Waals surface area contributed by atoms with Crippen LogP contribution in [0.2, 0.25) is 0 Å². The average molecular weight is 343 g/mol. The third-order valence-electron chi connectivity index (χ3n) is 5.67. The summed E-state index contributed by atoms with van der Waals surface area (Å²) < 4.78 is 2.31. The highest BCUT2D eigenvalue weighted by Gasteiger charge is 2.26. The molecule has 0 bridgehead atoms. The van der Waals surface area contributed by atoms with Crippen molar-refractivity contribution in [2.45, 2.75) is 40.5 Å². The van der Waals surface area contributed by atoms with Crippen LogP contribution in [0.4, 0.5) is 0 Å². The lowest BCUT2D eigenvalue weighted by atomic mass is 9.91. The van der Waals surface area contributed by atoms with Crippen LogP contribution in [0.5, 0.6) is 0 Å². The Morgan fingerprint density at radius 3 is 2.50 bits per heavy atom. The fourth-order valence-corrected chi connectivity index (χ4v) is 4.42. The van der Waals surface area contributed by atoms with E-state index in [0.717, 1.165) is 12.8 Å². The Labute approximate surface area is 157 Å². The standard InChI is InChI=1S/C25H28N/c1-16(2)12-20-14-24(26(5)15-18(20)4)25-17(3)10-11-22-21-9-7-6-8-19(21)13-23(22)25/h6-11,14-16H,12-13H2,1-5H3/q+1.